The van der Waals surface area contributed by atoms with Gasteiger partial charge in [-0.25, -0.2) is 0 Å². The molecule has 0 bridgehead atoms. The molecule has 2 heterocycles. The van der Waals surface area contributed by atoms with Gasteiger partial charge < -0.3 is 14.6 Å². The molecule has 4 heteroatoms. The summed E-state index contributed by atoms with van der Waals surface area (Å²) in [5.41, 5.74) is 2.51. The van der Waals surface area contributed by atoms with Gasteiger partial charge in [-0.15, -0.1) is 0 Å². The van der Waals surface area contributed by atoms with Crippen molar-refractivity contribution in [2.24, 2.45) is 0 Å². The first-order chi connectivity index (χ1) is 9.49. The van der Waals surface area contributed by atoms with Crippen molar-refractivity contribution in [3.05, 3.63) is 35.5 Å². The van der Waals surface area contributed by atoms with Gasteiger partial charge in [0.05, 0.1) is 11.1 Å². The molecule has 1 aromatic heterocycles. The van der Waals surface area contributed by atoms with Crippen LogP contribution in [-0.4, -0.2) is 11.2 Å². The highest BCUT2D eigenvalue weighted by molar-refractivity contribution is 5.72. The lowest BCUT2D eigenvalue weighted by atomic mass is 9.89. The standard InChI is InChI=1S/C16H20N2O2/c1-10(2)17-9-12-14-15(20-18-12)11-7-5-6-8-13(11)19-16(14,3)4/h5-8,10,17H,9H2,1-4H3. The van der Waals surface area contributed by atoms with Crippen LogP contribution >= 0.6 is 0 Å². The van der Waals surface area contributed by atoms with Crippen molar-refractivity contribution in [3.63, 3.8) is 0 Å². The summed E-state index contributed by atoms with van der Waals surface area (Å²) in [5.74, 6) is 1.68. The molecular weight excluding hydrogens is 252 g/mol. The highest BCUT2D eigenvalue weighted by atomic mass is 16.5. The van der Waals surface area contributed by atoms with Crippen LogP contribution in [0.2, 0.25) is 0 Å². The number of aromatic nitrogens is 1. The van der Waals surface area contributed by atoms with Gasteiger partial charge in [0.2, 0.25) is 0 Å². The van der Waals surface area contributed by atoms with Crippen LogP contribution in [0.3, 0.4) is 0 Å². The minimum atomic E-state index is -0.433. The van der Waals surface area contributed by atoms with E-state index >= 15 is 0 Å². The van der Waals surface area contributed by atoms with Gasteiger partial charge in [-0.1, -0.05) is 31.1 Å². The molecule has 0 saturated carbocycles. The van der Waals surface area contributed by atoms with Gasteiger partial charge in [-0.05, 0) is 26.0 Å². The SMILES string of the molecule is CC(C)NCc1noc2c1C(C)(C)Oc1ccccc1-2. The Morgan fingerprint density at radius 1 is 1.25 bits per heavy atom. The van der Waals surface area contributed by atoms with E-state index in [9.17, 15) is 0 Å². The van der Waals surface area contributed by atoms with E-state index in [1.807, 2.05) is 24.3 Å². The van der Waals surface area contributed by atoms with Crippen LogP contribution < -0.4 is 10.1 Å². The largest absolute Gasteiger partial charge is 0.482 e. The quantitative estimate of drug-likeness (QED) is 0.929. The van der Waals surface area contributed by atoms with E-state index in [1.54, 1.807) is 0 Å². The number of para-hydroxylation sites is 1. The normalized spacial score (nSPS) is 15.7. The first kappa shape index (κ1) is 13.2. The molecule has 0 amide bonds. The van der Waals surface area contributed by atoms with Crippen molar-refractivity contribution >= 4 is 0 Å². The van der Waals surface area contributed by atoms with Crippen LogP contribution in [0.15, 0.2) is 28.8 Å². The zero-order valence-corrected chi connectivity index (χ0v) is 12.4. The summed E-state index contributed by atoms with van der Waals surface area (Å²) >= 11 is 0. The number of hydrogen-bond acceptors (Lipinski definition) is 4. The maximum absolute atomic E-state index is 6.12. The van der Waals surface area contributed by atoms with E-state index in [1.165, 1.54) is 0 Å². The lowest BCUT2D eigenvalue weighted by molar-refractivity contribution is 0.103. The van der Waals surface area contributed by atoms with E-state index in [4.69, 9.17) is 9.26 Å². The van der Waals surface area contributed by atoms with Gasteiger partial charge >= 0.3 is 0 Å². The summed E-state index contributed by atoms with van der Waals surface area (Å²) in [6.07, 6.45) is 0. The number of hydrogen-bond donors (Lipinski definition) is 1. The molecule has 0 saturated heterocycles. The highest BCUT2D eigenvalue weighted by Gasteiger charge is 2.38. The van der Waals surface area contributed by atoms with Crippen LogP contribution in [0.1, 0.15) is 39.0 Å². The smallest absolute Gasteiger partial charge is 0.178 e. The molecule has 0 fully saturated rings. The molecule has 106 valence electrons. The van der Waals surface area contributed by atoms with Crippen LogP contribution in [0.5, 0.6) is 5.75 Å². The second-order valence-corrected chi connectivity index (χ2v) is 5.98. The lowest BCUT2D eigenvalue weighted by Gasteiger charge is -2.32. The molecular formula is C16H20N2O2. The van der Waals surface area contributed by atoms with Crippen LogP contribution in [-0.2, 0) is 12.1 Å². The minimum Gasteiger partial charge on any atom is -0.482 e. The number of rotatable bonds is 3. The van der Waals surface area contributed by atoms with Crippen LogP contribution in [0.25, 0.3) is 11.3 Å². The fourth-order valence-electron chi connectivity index (χ4n) is 2.62. The predicted molar refractivity (Wildman–Crippen MR) is 77.6 cm³/mol. The molecule has 1 N–H and O–H groups in total. The van der Waals surface area contributed by atoms with E-state index in [-0.39, 0.29) is 0 Å². The molecule has 1 aliphatic heterocycles. The van der Waals surface area contributed by atoms with Crippen molar-refractivity contribution in [2.45, 2.75) is 45.9 Å². The molecule has 3 rings (SSSR count). The summed E-state index contributed by atoms with van der Waals surface area (Å²) in [6.45, 7) is 9.02. The lowest BCUT2D eigenvalue weighted by Crippen LogP contribution is -2.31. The van der Waals surface area contributed by atoms with Crippen LogP contribution in [0.4, 0.5) is 0 Å². The van der Waals surface area contributed by atoms with Gasteiger partial charge in [0.15, 0.2) is 5.76 Å². The first-order valence-electron chi connectivity index (χ1n) is 7.00. The molecule has 0 aliphatic carbocycles. The minimum absolute atomic E-state index is 0.405. The highest BCUT2D eigenvalue weighted by Crippen LogP contribution is 2.46. The maximum Gasteiger partial charge on any atom is 0.178 e. The third-order valence-electron chi connectivity index (χ3n) is 3.54. The second kappa shape index (κ2) is 4.63. The number of benzene rings is 1. The zero-order chi connectivity index (χ0) is 14.3. The Kier molecular flexibility index (Phi) is 3.05. The third-order valence-corrected chi connectivity index (χ3v) is 3.54. The monoisotopic (exact) mass is 272 g/mol. The fourth-order valence-corrected chi connectivity index (χ4v) is 2.62. The summed E-state index contributed by atoms with van der Waals surface area (Å²) < 4.78 is 11.7. The van der Waals surface area contributed by atoms with E-state index in [0.717, 1.165) is 28.3 Å². The molecule has 0 radical (unpaired) electrons. The second-order valence-electron chi connectivity index (χ2n) is 5.98. The fraction of sp³-hybridized carbons (Fsp3) is 0.438. The summed E-state index contributed by atoms with van der Waals surface area (Å²) in [4.78, 5) is 0. The summed E-state index contributed by atoms with van der Waals surface area (Å²) in [7, 11) is 0. The topological polar surface area (TPSA) is 47.3 Å². The molecule has 0 atom stereocenters. The zero-order valence-electron chi connectivity index (χ0n) is 12.4. The van der Waals surface area contributed by atoms with Crippen LogP contribution in [0, 0.1) is 0 Å². The Bertz CT molecular complexity index is 629. The predicted octanol–water partition coefficient (Wildman–Crippen LogP) is 3.47. The number of fused-ring (bicyclic) bond motifs is 3. The van der Waals surface area contributed by atoms with Crippen molar-refractivity contribution in [1.82, 2.24) is 10.5 Å². The Morgan fingerprint density at radius 2 is 2.00 bits per heavy atom. The molecule has 0 unspecified atom stereocenters. The van der Waals surface area contributed by atoms with E-state index < -0.39 is 5.60 Å². The number of nitrogens with one attached hydrogen (secondary N) is 1. The molecule has 1 aromatic carbocycles. The summed E-state index contributed by atoms with van der Waals surface area (Å²) in [5, 5.41) is 7.63. The molecule has 4 nitrogen and oxygen atoms in total. The van der Waals surface area contributed by atoms with Crippen molar-refractivity contribution in [3.8, 4) is 17.1 Å². The number of ether oxygens (including phenoxy) is 1. The third kappa shape index (κ3) is 2.10. The van der Waals surface area contributed by atoms with Crippen molar-refractivity contribution < 1.29 is 9.26 Å². The molecule has 0 spiro atoms. The van der Waals surface area contributed by atoms with Crippen molar-refractivity contribution in [2.75, 3.05) is 0 Å². The average Bonchev–Trinajstić information content (AvgIpc) is 2.81. The summed E-state index contributed by atoms with van der Waals surface area (Å²) in [6, 6.07) is 8.33. The first-order valence-corrected chi connectivity index (χ1v) is 7.00. The molecule has 2 aromatic rings. The van der Waals surface area contributed by atoms with Gasteiger partial charge in [0, 0.05) is 12.6 Å². The molecule has 1 aliphatic rings. The maximum atomic E-state index is 6.12. The van der Waals surface area contributed by atoms with E-state index in [0.29, 0.717) is 12.6 Å². The Hall–Kier alpha value is -1.81. The van der Waals surface area contributed by atoms with Gasteiger partial charge in [0.1, 0.15) is 17.0 Å². The van der Waals surface area contributed by atoms with Gasteiger partial charge in [-0.2, -0.15) is 0 Å². The Balaban J connectivity index is 2.07. The molecule has 20 heavy (non-hydrogen) atoms. The Morgan fingerprint density at radius 3 is 2.75 bits per heavy atom. The Labute approximate surface area is 119 Å². The average molecular weight is 272 g/mol. The van der Waals surface area contributed by atoms with Gasteiger partial charge in [0.25, 0.3) is 0 Å². The van der Waals surface area contributed by atoms with Crippen molar-refractivity contribution in [1.29, 1.82) is 0 Å². The van der Waals surface area contributed by atoms with Gasteiger partial charge in [-0.3, -0.25) is 0 Å². The van der Waals surface area contributed by atoms with E-state index in [2.05, 4.69) is 38.2 Å². The number of nitrogens with zero attached hydrogens (tertiary/aromatic N) is 1.